The topological polar surface area (TPSA) is 48.3 Å². The third kappa shape index (κ3) is 2.94. The van der Waals surface area contributed by atoms with Crippen molar-refractivity contribution in [2.24, 2.45) is 5.92 Å². The molecule has 1 saturated carbocycles. The van der Waals surface area contributed by atoms with Crippen molar-refractivity contribution in [1.82, 2.24) is 4.57 Å². The number of nitrogens with zero attached hydrogens (tertiary/aromatic N) is 1. The van der Waals surface area contributed by atoms with Gasteiger partial charge in [-0.25, -0.2) is 0 Å². The highest BCUT2D eigenvalue weighted by atomic mass is 32.1. The number of aryl methyl sites for hydroxylation is 1. The fraction of sp³-hybridized carbons (Fsp3) is 0.440. The lowest BCUT2D eigenvalue weighted by Gasteiger charge is -2.25. The average Bonchev–Trinajstić information content (AvgIpc) is 3.48. The lowest BCUT2D eigenvalue weighted by Crippen LogP contribution is -2.18. The van der Waals surface area contributed by atoms with Gasteiger partial charge in [0, 0.05) is 27.6 Å². The van der Waals surface area contributed by atoms with Crippen LogP contribution in [-0.2, 0) is 6.42 Å². The second kappa shape index (κ2) is 7.09. The fourth-order valence-corrected chi connectivity index (χ4v) is 6.18. The first-order valence-corrected chi connectivity index (χ1v) is 11.6. The molecule has 3 aromatic rings. The summed E-state index contributed by atoms with van der Waals surface area (Å²) in [6.45, 7) is 6.13. The molecular weight excluding hydrogens is 394 g/mol. The van der Waals surface area contributed by atoms with E-state index in [9.17, 15) is 9.59 Å². The van der Waals surface area contributed by atoms with E-state index in [0.29, 0.717) is 23.3 Å². The van der Waals surface area contributed by atoms with E-state index in [0.717, 1.165) is 36.1 Å². The zero-order valence-corrected chi connectivity index (χ0v) is 18.8. The van der Waals surface area contributed by atoms with Gasteiger partial charge in [-0.3, -0.25) is 9.59 Å². The third-order valence-corrected chi connectivity index (χ3v) is 8.33. The number of rotatable bonds is 4. The summed E-state index contributed by atoms with van der Waals surface area (Å²) in [5.41, 5.74) is 3.37. The lowest BCUT2D eigenvalue weighted by atomic mass is 9.82. The Morgan fingerprint density at radius 2 is 1.97 bits per heavy atom. The average molecular weight is 422 g/mol. The molecule has 1 aromatic carbocycles. The molecule has 5 heteroatoms. The summed E-state index contributed by atoms with van der Waals surface area (Å²) in [4.78, 5) is 27.8. The van der Waals surface area contributed by atoms with Crippen LogP contribution in [-0.4, -0.2) is 17.5 Å². The quantitative estimate of drug-likeness (QED) is 0.488. The first-order valence-electron chi connectivity index (χ1n) is 10.8. The number of aromatic nitrogens is 1. The van der Waals surface area contributed by atoms with Crippen LogP contribution in [0.3, 0.4) is 0 Å². The lowest BCUT2D eigenvalue weighted by molar-refractivity contribution is 0.101. The molecule has 0 N–H and O–H groups in total. The molecule has 0 bridgehead atoms. The predicted molar refractivity (Wildman–Crippen MR) is 122 cm³/mol. The van der Waals surface area contributed by atoms with E-state index < -0.39 is 0 Å². The third-order valence-electron chi connectivity index (χ3n) is 6.91. The van der Waals surface area contributed by atoms with Gasteiger partial charge < -0.3 is 9.30 Å². The zero-order chi connectivity index (χ0) is 21.2. The summed E-state index contributed by atoms with van der Waals surface area (Å²) < 4.78 is 8.03. The molecule has 30 heavy (non-hydrogen) atoms. The number of carbonyl (C=O) groups excluding carboxylic acids is 1. The molecule has 2 aliphatic rings. The van der Waals surface area contributed by atoms with Gasteiger partial charge in [-0.15, -0.1) is 11.3 Å². The Kier molecular flexibility index (Phi) is 4.62. The van der Waals surface area contributed by atoms with Gasteiger partial charge >= 0.3 is 0 Å². The number of pyridine rings is 1. The van der Waals surface area contributed by atoms with Crippen LogP contribution in [0.1, 0.15) is 72.8 Å². The maximum Gasteiger partial charge on any atom is 0.200 e. The molecule has 156 valence electrons. The van der Waals surface area contributed by atoms with Gasteiger partial charge in [-0.05, 0) is 68.2 Å². The molecule has 0 radical (unpaired) electrons. The summed E-state index contributed by atoms with van der Waals surface area (Å²) in [5, 5.41) is 0.568. The summed E-state index contributed by atoms with van der Waals surface area (Å²) in [6, 6.07) is 6.52. The van der Waals surface area contributed by atoms with E-state index in [1.54, 1.807) is 13.3 Å². The molecule has 1 fully saturated rings. The number of ether oxygens (including phenoxy) is 1. The number of thiophene rings is 1. The Morgan fingerprint density at radius 1 is 1.20 bits per heavy atom. The second-order valence-corrected chi connectivity index (χ2v) is 10.00. The van der Waals surface area contributed by atoms with Crippen molar-refractivity contribution in [3.05, 3.63) is 50.6 Å². The standard InChI is InChI=1S/C25H27NO3S/c1-13-5-6-16-11-21(30-25(16)14(13)2)18-9-10-19-22(24(18)29-4)26(17-7-8-17)12-20(15(3)27)23(19)28/h9-14,17H,5-8H2,1-4H3. The number of hydrogen-bond donors (Lipinski definition) is 0. The van der Waals surface area contributed by atoms with Gasteiger partial charge in [0.15, 0.2) is 17.0 Å². The number of fused-ring (bicyclic) bond motifs is 2. The van der Waals surface area contributed by atoms with Crippen molar-refractivity contribution in [3.8, 4) is 16.2 Å². The highest BCUT2D eigenvalue weighted by Crippen LogP contribution is 2.47. The molecule has 0 aliphatic heterocycles. The van der Waals surface area contributed by atoms with Crippen LogP contribution in [0, 0.1) is 5.92 Å². The second-order valence-electron chi connectivity index (χ2n) is 8.91. The SMILES string of the molecule is COc1c(-c2cc3c(s2)C(C)C(C)CC3)ccc2c(=O)c(C(C)=O)cn(C3CC3)c12. The molecule has 2 atom stereocenters. The first-order chi connectivity index (χ1) is 14.4. The molecular formula is C25H27NO3S. The summed E-state index contributed by atoms with van der Waals surface area (Å²) in [7, 11) is 1.68. The number of benzene rings is 1. The summed E-state index contributed by atoms with van der Waals surface area (Å²) in [6.07, 6.45) is 6.23. The van der Waals surface area contributed by atoms with Gasteiger partial charge in [-0.1, -0.05) is 13.8 Å². The van der Waals surface area contributed by atoms with Gasteiger partial charge in [-0.2, -0.15) is 0 Å². The maximum atomic E-state index is 13.0. The molecule has 2 aromatic heterocycles. The Balaban J connectivity index is 1.77. The zero-order valence-electron chi connectivity index (χ0n) is 18.0. The van der Waals surface area contributed by atoms with Crippen molar-refractivity contribution >= 4 is 28.0 Å². The first kappa shape index (κ1) is 19.6. The van der Waals surface area contributed by atoms with Crippen LogP contribution >= 0.6 is 11.3 Å². The number of Topliss-reactive ketones (excluding diaryl/α,β-unsaturated/α-hetero) is 1. The van der Waals surface area contributed by atoms with Crippen molar-refractivity contribution in [3.63, 3.8) is 0 Å². The number of ketones is 1. The Hall–Kier alpha value is -2.40. The molecule has 5 rings (SSSR count). The Bertz CT molecular complexity index is 1230. The molecule has 0 saturated heterocycles. The largest absolute Gasteiger partial charge is 0.494 e. The van der Waals surface area contributed by atoms with Crippen LogP contribution in [0.4, 0.5) is 0 Å². The summed E-state index contributed by atoms with van der Waals surface area (Å²) >= 11 is 1.86. The van der Waals surface area contributed by atoms with Crippen molar-refractivity contribution in [1.29, 1.82) is 0 Å². The van der Waals surface area contributed by atoms with Crippen LogP contribution in [0.5, 0.6) is 5.75 Å². The van der Waals surface area contributed by atoms with E-state index in [1.807, 2.05) is 23.5 Å². The molecule has 2 heterocycles. The highest BCUT2D eigenvalue weighted by molar-refractivity contribution is 7.15. The van der Waals surface area contributed by atoms with Gasteiger partial charge in [0.05, 0.1) is 23.6 Å². The Morgan fingerprint density at radius 3 is 2.63 bits per heavy atom. The number of carbonyl (C=O) groups is 1. The van der Waals surface area contributed by atoms with E-state index in [1.165, 1.54) is 28.7 Å². The molecule has 2 unspecified atom stereocenters. The van der Waals surface area contributed by atoms with Gasteiger partial charge in [0.2, 0.25) is 0 Å². The highest BCUT2D eigenvalue weighted by Gasteiger charge is 2.30. The van der Waals surface area contributed by atoms with Crippen molar-refractivity contribution in [2.75, 3.05) is 7.11 Å². The van der Waals surface area contributed by atoms with Gasteiger partial charge in [0.25, 0.3) is 0 Å². The van der Waals surface area contributed by atoms with E-state index in [2.05, 4.69) is 24.5 Å². The minimum atomic E-state index is -0.202. The van der Waals surface area contributed by atoms with Crippen LogP contribution in [0.15, 0.2) is 29.2 Å². The molecule has 0 amide bonds. The fourth-order valence-electron chi connectivity index (χ4n) is 4.76. The Labute approximate surface area is 180 Å². The minimum absolute atomic E-state index is 0.187. The van der Waals surface area contributed by atoms with Crippen LogP contribution in [0.25, 0.3) is 21.3 Å². The van der Waals surface area contributed by atoms with Gasteiger partial charge in [0.1, 0.15) is 0 Å². The minimum Gasteiger partial charge on any atom is -0.494 e. The van der Waals surface area contributed by atoms with E-state index >= 15 is 0 Å². The number of methoxy groups -OCH3 is 1. The van der Waals surface area contributed by atoms with Crippen molar-refractivity contribution < 1.29 is 9.53 Å². The molecule has 4 nitrogen and oxygen atoms in total. The maximum absolute atomic E-state index is 13.0. The number of hydrogen-bond acceptors (Lipinski definition) is 4. The van der Waals surface area contributed by atoms with E-state index in [4.69, 9.17) is 4.74 Å². The molecule has 2 aliphatic carbocycles. The van der Waals surface area contributed by atoms with Crippen LogP contribution in [0.2, 0.25) is 0 Å². The predicted octanol–water partition coefficient (Wildman–Crippen LogP) is 5.96. The smallest absolute Gasteiger partial charge is 0.200 e. The monoisotopic (exact) mass is 421 g/mol. The van der Waals surface area contributed by atoms with E-state index in [-0.39, 0.29) is 16.8 Å². The van der Waals surface area contributed by atoms with Crippen LogP contribution < -0.4 is 10.2 Å². The summed E-state index contributed by atoms with van der Waals surface area (Å²) in [5.74, 6) is 1.83. The molecule has 0 spiro atoms. The van der Waals surface area contributed by atoms with Crippen molar-refractivity contribution in [2.45, 2.75) is 58.4 Å². The normalized spacial score (nSPS) is 20.9.